The van der Waals surface area contributed by atoms with Crippen molar-refractivity contribution in [2.24, 2.45) is 0 Å². The molecule has 112 valence electrons. The number of esters is 2. The van der Waals surface area contributed by atoms with Gasteiger partial charge in [0.1, 0.15) is 0 Å². The number of methoxy groups -OCH3 is 1. The smallest absolute Gasteiger partial charge is 0.360 e. The minimum absolute atomic E-state index is 0.138. The third kappa shape index (κ3) is 4.91. The summed E-state index contributed by atoms with van der Waals surface area (Å²) in [5.41, 5.74) is 6.12. The van der Waals surface area contributed by atoms with E-state index in [0.717, 1.165) is 19.3 Å². The maximum atomic E-state index is 11.3. The third-order valence-electron chi connectivity index (χ3n) is 2.74. The summed E-state index contributed by atoms with van der Waals surface area (Å²) in [6.07, 6.45) is 4.55. The summed E-state index contributed by atoms with van der Waals surface area (Å²) in [7, 11) is 1.29. The van der Waals surface area contributed by atoms with Crippen LogP contribution in [0.2, 0.25) is 0 Å². The Balaban J connectivity index is 2.29. The molecule has 0 saturated heterocycles. The molecule has 1 rings (SSSR count). The van der Waals surface area contributed by atoms with Crippen molar-refractivity contribution < 1.29 is 19.1 Å². The number of unbranched alkanes of at least 4 members (excludes halogenated alkanes) is 2. The molecular weight excluding hydrogens is 262 g/mol. The van der Waals surface area contributed by atoms with Gasteiger partial charge in [-0.3, -0.25) is 9.48 Å². The van der Waals surface area contributed by atoms with Crippen LogP contribution < -0.4 is 5.73 Å². The van der Waals surface area contributed by atoms with E-state index >= 15 is 0 Å². The Morgan fingerprint density at radius 2 is 2.10 bits per heavy atom. The van der Waals surface area contributed by atoms with Gasteiger partial charge in [0.2, 0.25) is 0 Å². The van der Waals surface area contributed by atoms with Crippen LogP contribution in [0.3, 0.4) is 0 Å². The van der Waals surface area contributed by atoms with Gasteiger partial charge in [-0.1, -0.05) is 6.42 Å². The minimum Gasteiger partial charge on any atom is -0.466 e. The summed E-state index contributed by atoms with van der Waals surface area (Å²) < 4.78 is 11.0. The Morgan fingerprint density at radius 3 is 2.75 bits per heavy atom. The predicted octanol–water partition coefficient (Wildman–Crippen LogP) is 1.38. The molecule has 0 bridgehead atoms. The fourth-order valence-electron chi connectivity index (χ4n) is 1.76. The minimum atomic E-state index is -0.538. The number of nitrogens with two attached hydrogens (primary N) is 1. The van der Waals surface area contributed by atoms with Crippen LogP contribution in [0.5, 0.6) is 0 Å². The Kier molecular flexibility index (Phi) is 6.55. The van der Waals surface area contributed by atoms with E-state index in [4.69, 9.17) is 10.5 Å². The number of carbonyl (C=O) groups excluding carboxylic acids is 2. The van der Waals surface area contributed by atoms with E-state index in [1.165, 1.54) is 7.11 Å². The molecule has 0 aromatic carbocycles. The number of hydrogen-bond donors (Lipinski definition) is 1. The van der Waals surface area contributed by atoms with Gasteiger partial charge in [0.25, 0.3) is 0 Å². The van der Waals surface area contributed by atoms with E-state index in [0.29, 0.717) is 25.3 Å². The topological polar surface area (TPSA) is 96.4 Å². The lowest BCUT2D eigenvalue weighted by Gasteiger charge is -2.02. The van der Waals surface area contributed by atoms with E-state index in [9.17, 15) is 9.59 Å². The molecule has 0 aliphatic carbocycles. The van der Waals surface area contributed by atoms with Crippen LogP contribution in [0, 0.1) is 0 Å². The number of aryl methyl sites for hydroxylation is 1. The highest BCUT2D eigenvalue weighted by atomic mass is 16.5. The molecule has 7 heteroatoms. The number of carbonyl (C=O) groups is 2. The molecule has 0 amide bonds. The van der Waals surface area contributed by atoms with Crippen LogP contribution in [0.1, 0.15) is 43.1 Å². The first-order chi connectivity index (χ1) is 9.58. The molecule has 0 spiro atoms. The SMILES string of the molecule is CCOC(=O)CCCCCn1cc(N)c(C(=O)OC)n1. The Labute approximate surface area is 118 Å². The van der Waals surface area contributed by atoms with Crippen molar-refractivity contribution in [2.75, 3.05) is 19.5 Å². The molecule has 0 fully saturated rings. The molecule has 0 unspecified atom stereocenters. The zero-order chi connectivity index (χ0) is 15.0. The van der Waals surface area contributed by atoms with Crippen molar-refractivity contribution in [3.05, 3.63) is 11.9 Å². The van der Waals surface area contributed by atoms with Gasteiger partial charge in [-0.05, 0) is 19.8 Å². The van der Waals surface area contributed by atoms with Gasteiger partial charge in [0.15, 0.2) is 5.69 Å². The molecule has 20 heavy (non-hydrogen) atoms. The van der Waals surface area contributed by atoms with Gasteiger partial charge in [0, 0.05) is 19.2 Å². The van der Waals surface area contributed by atoms with Gasteiger partial charge >= 0.3 is 11.9 Å². The molecule has 2 N–H and O–H groups in total. The molecule has 0 aliphatic heterocycles. The first kappa shape index (κ1) is 16.0. The van der Waals surface area contributed by atoms with E-state index < -0.39 is 5.97 Å². The highest BCUT2D eigenvalue weighted by Crippen LogP contribution is 2.11. The van der Waals surface area contributed by atoms with Crippen molar-refractivity contribution >= 4 is 17.6 Å². The first-order valence-corrected chi connectivity index (χ1v) is 6.65. The Hall–Kier alpha value is -2.05. The average molecular weight is 283 g/mol. The average Bonchev–Trinajstić information content (AvgIpc) is 2.79. The molecule has 1 aromatic rings. The van der Waals surface area contributed by atoms with Crippen LogP contribution in [0.15, 0.2) is 6.20 Å². The molecule has 0 radical (unpaired) electrons. The monoisotopic (exact) mass is 283 g/mol. The maximum absolute atomic E-state index is 11.3. The lowest BCUT2D eigenvalue weighted by atomic mass is 10.2. The number of nitrogen functional groups attached to an aromatic ring is 1. The van der Waals surface area contributed by atoms with Crippen LogP contribution in [-0.4, -0.2) is 35.4 Å². The second kappa shape index (κ2) is 8.19. The van der Waals surface area contributed by atoms with Gasteiger partial charge in [0.05, 0.1) is 19.4 Å². The maximum Gasteiger partial charge on any atom is 0.360 e. The second-order valence-electron chi connectivity index (χ2n) is 4.30. The first-order valence-electron chi connectivity index (χ1n) is 6.65. The van der Waals surface area contributed by atoms with Crippen molar-refractivity contribution in [1.82, 2.24) is 9.78 Å². The van der Waals surface area contributed by atoms with Crippen molar-refractivity contribution in [2.45, 2.75) is 39.2 Å². The van der Waals surface area contributed by atoms with Crippen LogP contribution >= 0.6 is 0 Å². The van der Waals surface area contributed by atoms with E-state index in [1.54, 1.807) is 17.8 Å². The highest BCUT2D eigenvalue weighted by Gasteiger charge is 2.14. The molecule has 0 atom stereocenters. The molecule has 0 saturated carbocycles. The molecule has 1 heterocycles. The van der Waals surface area contributed by atoms with Crippen molar-refractivity contribution in [1.29, 1.82) is 0 Å². The normalized spacial score (nSPS) is 10.3. The summed E-state index contributed by atoms with van der Waals surface area (Å²) in [4.78, 5) is 22.5. The quantitative estimate of drug-likeness (QED) is 0.572. The number of aromatic nitrogens is 2. The summed E-state index contributed by atoms with van der Waals surface area (Å²) >= 11 is 0. The van der Waals surface area contributed by atoms with Crippen LogP contribution in [0.25, 0.3) is 0 Å². The highest BCUT2D eigenvalue weighted by molar-refractivity contribution is 5.92. The van der Waals surface area contributed by atoms with E-state index in [2.05, 4.69) is 9.84 Å². The lowest BCUT2D eigenvalue weighted by molar-refractivity contribution is -0.143. The van der Waals surface area contributed by atoms with Crippen LogP contribution in [0.4, 0.5) is 5.69 Å². The van der Waals surface area contributed by atoms with Gasteiger partial charge < -0.3 is 15.2 Å². The number of hydrogen-bond acceptors (Lipinski definition) is 6. The number of nitrogens with zero attached hydrogens (tertiary/aromatic N) is 2. The standard InChI is InChI=1S/C13H21N3O4/c1-3-20-11(17)7-5-4-6-8-16-9-10(14)12(15-16)13(18)19-2/h9H,3-8,14H2,1-2H3. The summed E-state index contributed by atoms with van der Waals surface area (Å²) in [6, 6.07) is 0. The lowest BCUT2D eigenvalue weighted by Crippen LogP contribution is -2.07. The van der Waals surface area contributed by atoms with Crippen molar-refractivity contribution in [3.63, 3.8) is 0 Å². The number of anilines is 1. The predicted molar refractivity (Wildman–Crippen MR) is 73.1 cm³/mol. The van der Waals surface area contributed by atoms with Crippen LogP contribution in [-0.2, 0) is 20.8 Å². The third-order valence-corrected chi connectivity index (χ3v) is 2.74. The zero-order valence-electron chi connectivity index (χ0n) is 11.9. The van der Waals surface area contributed by atoms with Gasteiger partial charge in [-0.15, -0.1) is 0 Å². The molecule has 7 nitrogen and oxygen atoms in total. The molecular formula is C13H21N3O4. The Morgan fingerprint density at radius 1 is 1.35 bits per heavy atom. The summed E-state index contributed by atoms with van der Waals surface area (Å²) in [6.45, 7) is 2.85. The largest absolute Gasteiger partial charge is 0.466 e. The van der Waals surface area contributed by atoms with Crippen molar-refractivity contribution in [3.8, 4) is 0 Å². The molecule has 0 aliphatic rings. The zero-order valence-corrected chi connectivity index (χ0v) is 11.9. The second-order valence-corrected chi connectivity index (χ2v) is 4.30. The van der Waals surface area contributed by atoms with E-state index in [-0.39, 0.29) is 11.7 Å². The molecule has 1 aromatic heterocycles. The van der Waals surface area contributed by atoms with Gasteiger partial charge in [-0.2, -0.15) is 5.10 Å². The summed E-state index contributed by atoms with van der Waals surface area (Å²) in [5.74, 6) is -0.702. The number of ether oxygens (including phenoxy) is 2. The fourth-order valence-corrected chi connectivity index (χ4v) is 1.76. The fraction of sp³-hybridized carbons (Fsp3) is 0.615. The number of rotatable bonds is 8. The van der Waals surface area contributed by atoms with Gasteiger partial charge in [-0.25, -0.2) is 4.79 Å². The summed E-state index contributed by atoms with van der Waals surface area (Å²) in [5, 5.41) is 4.07. The van der Waals surface area contributed by atoms with E-state index in [1.807, 2.05) is 0 Å². The Bertz CT molecular complexity index is 456.